The molecule has 0 atom stereocenters. The SMILES string of the molecule is O=C(/C(=N\Nc1ccc(Br)cc1)S(=O)(=O)c1ccccc1)c1ccc(Cl)cc1. The molecule has 0 unspecified atom stereocenters. The fraction of sp³-hybridized carbons (Fsp3) is 0. The molecule has 0 spiro atoms. The van der Waals surface area contributed by atoms with Gasteiger partial charge in [-0.05, 0) is 60.7 Å². The lowest BCUT2D eigenvalue weighted by Crippen LogP contribution is -2.26. The third kappa shape index (κ3) is 4.67. The summed E-state index contributed by atoms with van der Waals surface area (Å²) in [6.07, 6.45) is 0. The van der Waals surface area contributed by atoms with Gasteiger partial charge in [0, 0.05) is 15.1 Å². The Morgan fingerprint density at radius 3 is 2.11 bits per heavy atom. The predicted octanol–water partition coefficient (Wildman–Crippen LogP) is 5.18. The van der Waals surface area contributed by atoms with Gasteiger partial charge in [-0.1, -0.05) is 45.7 Å². The Morgan fingerprint density at radius 1 is 0.893 bits per heavy atom. The first-order valence-electron chi connectivity index (χ1n) is 8.07. The molecule has 3 aromatic rings. The van der Waals surface area contributed by atoms with Crippen LogP contribution in [0.25, 0.3) is 0 Å². The van der Waals surface area contributed by atoms with Gasteiger partial charge in [-0.25, -0.2) is 8.42 Å². The maximum atomic E-state index is 13.1. The van der Waals surface area contributed by atoms with Gasteiger partial charge in [0.2, 0.25) is 20.7 Å². The number of Topliss-reactive ketones (excluding diaryl/α,β-unsaturated/α-hetero) is 1. The minimum atomic E-state index is -4.14. The van der Waals surface area contributed by atoms with E-state index in [0.717, 1.165) is 4.47 Å². The molecule has 0 radical (unpaired) electrons. The highest BCUT2D eigenvalue weighted by Gasteiger charge is 2.30. The molecule has 0 aliphatic carbocycles. The van der Waals surface area contributed by atoms with Gasteiger partial charge in [-0.2, -0.15) is 5.10 Å². The van der Waals surface area contributed by atoms with Crippen LogP contribution in [0.2, 0.25) is 5.02 Å². The molecule has 0 aliphatic rings. The summed E-state index contributed by atoms with van der Waals surface area (Å²) in [5, 5.41) is 3.78. The van der Waals surface area contributed by atoms with E-state index >= 15 is 0 Å². The van der Waals surface area contributed by atoms with Crippen LogP contribution >= 0.6 is 27.5 Å². The van der Waals surface area contributed by atoms with Gasteiger partial charge in [0.05, 0.1) is 10.6 Å². The minimum absolute atomic E-state index is 0.0198. The summed E-state index contributed by atoms with van der Waals surface area (Å²) in [5.74, 6) is -0.731. The number of carbonyl (C=O) groups is 1. The first-order valence-corrected chi connectivity index (χ1v) is 10.7. The molecule has 3 rings (SSSR count). The fourth-order valence-electron chi connectivity index (χ4n) is 2.31. The highest BCUT2D eigenvalue weighted by atomic mass is 79.9. The van der Waals surface area contributed by atoms with Crippen molar-refractivity contribution in [2.45, 2.75) is 4.90 Å². The van der Waals surface area contributed by atoms with Crippen LogP contribution in [0.1, 0.15) is 10.4 Å². The smallest absolute Gasteiger partial charge is 0.229 e. The average Bonchev–Trinajstić information content (AvgIpc) is 2.70. The summed E-state index contributed by atoms with van der Waals surface area (Å²) in [4.78, 5) is 12.9. The lowest BCUT2D eigenvalue weighted by molar-refractivity contribution is 0.106. The molecule has 0 aromatic heterocycles. The summed E-state index contributed by atoms with van der Waals surface area (Å²) in [6, 6.07) is 20.6. The van der Waals surface area contributed by atoms with E-state index in [9.17, 15) is 13.2 Å². The lowest BCUT2D eigenvalue weighted by Gasteiger charge is -2.09. The molecular weight excluding hydrogens is 464 g/mol. The van der Waals surface area contributed by atoms with Crippen LogP contribution in [0.4, 0.5) is 5.69 Å². The number of rotatable bonds is 5. The van der Waals surface area contributed by atoms with Gasteiger partial charge in [0.15, 0.2) is 0 Å². The molecule has 0 bridgehead atoms. The zero-order valence-corrected chi connectivity index (χ0v) is 17.5. The van der Waals surface area contributed by atoms with Crippen LogP contribution in [-0.4, -0.2) is 19.2 Å². The van der Waals surface area contributed by atoms with Gasteiger partial charge < -0.3 is 0 Å². The number of nitrogens with zero attached hydrogens (tertiary/aromatic N) is 1. The summed E-state index contributed by atoms with van der Waals surface area (Å²) in [6.45, 7) is 0. The number of hydrazone groups is 1. The highest BCUT2D eigenvalue weighted by Crippen LogP contribution is 2.19. The predicted molar refractivity (Wildman–Crippen MR) is 115 cm³/mol. The fourth-order valence-corrected chi connectivity index (χ4v) is 3.97. The molecule has 3 aromatic carbocycles. The monoisotopic (exact) mass is 476 g/mol. The Kier molecular flexibility index (Phi) is 6.28. The summed E-state index contributed by atoms with van der Waals surface area (Å²) in [5.41, 5.74) is 3.35. The van der Waals surface area contributed by atoms with Crippen molar-refractivity contribution in [1.82, 2.24) is 0 Å². The van der Waals surface area contributed by atoms with Crippen molar-refractivity contribution in [2.75, 3.05) is 5.43 Å². The third-order valence-corrected chi connectivity index (χ3v) is 6.20. The van der Waals surface area contributed by atoms with Crippen molar-refractivity contribution in [1.29, 1.82) is 0 Å². The molecule has 28 heavy (non-hydrogen) atoms. The normalized spacial score (nSPS) is 11.9. The van der Waals surface area contributed by atoms with Crippen molar-refractivity contribution in [3.05, 3.63) is 93.9 Å². The number of halogens is 2. The molecular formula is C20H14BrClN2O3S. The first kappa shape index (κ1) is 20.3. The molecule has 5 nitrogen and oxygen atoms in total. The molecule has 0 amide bonds. The maximum Gasteiger partial charge on any atom is 0.229 e. The third-order valence-electron chi connectivity index (χ3n) is 3.74. The van der Waals surface area contributed by atoms with Gasteiger partial charge in [-0.3, -0.25) is 10.2 Å². The van der Waals surface area contributed by atoms with Gasteiger partial charge in [0.1, 0.15) is 0 Å². The number of benzene rings is 3. The van der Waals surface area contributed by atoms with E-state index in [1.165, 1.54) is 36.4 Å². The molecule has 0 saturated carbocycles. The standard InChI is InChI=1S/C20H14BrClN2O3S/c21-15-8-12-17(13-9-15)23-24-20(19(25)14-6-10-16(22)11-7-14)28(26,27)18-4-2-1-3-5-18/h1-13,23H/b24-20+. The largest absolute Gasteiger partial charge is 0.286 e. The molecule has 8 heteroatoms. The Morgan fingerprint density at radius 2 is 1.50 bits per heavy atom. The number of hydrogen-bond acceptors (Lipinski definition) is 5. The topological polar surface area (TPSA) is 75.6 Å². The van der Waals surface area contributed by atoms with Gasteiger partial charge >= 0.3 is 0 Å². The second-order valence-electron chi connectivity index (χ2n) is 5.69. The second kappa shape index (κ2) is 8.68. The second-order valence-corrected chi connectivity index (χ2v) is 8.91. The number of ketones is 1. The van der Waals surface area contributed by atoms with Crippen LogP contribution in [0.3, 0.4) is 0 Å². The maximum absolute atomic E-state index is 13.1. The molecule has 142 valence electrons. The highest BCUT2D eigenvalue weighted by molar-refractivity contribution is 9.10. The van der Waals surface area contributed by atoms with E-state index < -0.39 is 20.7 Å². The van der Waals surface area contributed by atoms with E-state index in [1.807, 2.05) is 0 Å². The van der Waals surface area contributed by atoms with E-state index in [4.69, 9.17) is 11.6 Å². The van der Waals surface area contributed by atoms with Crippen LogP contribution in [-0.2, 0) is 9.84 Å². The van der Waals surface area contributed by atoms with Crippen LogP contribution < -0.4 is 5.43 Å². The summed E-state index contributed by atoms with van der Waals surface area (Å²) in [7, 11) is -4.14. The van der Waals surface area contributed by atoms with Crippen molar-refractivity contribution < 1.29 is 13.2 Å². The van der Waals surface area contributed by atoms with E-state index in [0.29, 0.717) is 10.7 Å². The van der Waals surface area contributed by atoms with Crippen LogP contribution in [0.15, 0.2) is 93.3 Å². The number of nitrogens with one attached hydrogen (secondary N) is 1. The Balaban J connectivity index is 2.05. The number of anilines is 1. The molecule has 0 saturated heterocycles. The minimum Gasteiger partial charge on any atom is -0.286 e. The first-order chi connectivity index (χ1) is 13.4. The summed E-state index contributed by atoms with van der Waals surface area (Å²) < 4.78 is 27.0. The lowest BCUT2D eigenvalue weighted by atomic mass is 10.1. The summed E-state index contributed by atoms with van der Waals surface area (Å²) >= 11 is 9.18. The molecule has 0 fully saturated rings. The molecule has 1 N–H and O–H groups in total. The van der Waals surface area contributed by atoms with E-state index in [2.05, 4.69) is 26.5 Å². The van der Waals surface area contributed by atoms with E-state index in [-0.39, 0.29) is 10.5 Å². The number of carbonyl (C=O) groups excluding carboxylic acids is 1. The van der Waals surface area contributed by atoms with Crippen LogP contribution in [0.5, 0.6) is 0 Å². The van der Waals surface area contributed by atoms with Crippen LogP contribution in [0, 0.1) is 0 Å². The Bertz CT molecular complexity index is 1110. The zero-order chi connectivity index (χ0) is 20.1. The van der Waals surface area contributed by atoms with Crippen molar-refractivity contribution >= 4 is 53.9 Å². The molecule has 0 heterocycles. The zero-order valence-electron chi connectivity index (χ0n) is 14.3. The van der Waals surface area contributed by atoms with Gasteiger partial charge in [0.25, 0.3) is 0 Å². The van der Waals surface area contributed by atoms with E-state index in [1.54, 1.807) is 42.5 Å². The van der Waals surface area contributed by atoms with Gasteiger partial charge in [-0.15, -0.1) is 0 Å². The average molecular weight is 478 g/mol. The van der Waals surface area contributed by atoms with Crippen molar-refractivity contribution in [3.63, 3.8) is 0 Å². The quantitative estimate of drug-likeness (QED) is 0.238. The Hall–Kier alpha value is -2.48. The Labute approximate surface area is 176 Å². The number of sulfone groups is 1. The molecule has 0 aliphatic heterocycles. The van der Waals surface area contributed by atoms with Crippen molar-refractivity contribution in [3.8, 4) is 0 Å². The van der Waals surface area contributed by atoms with Crippen molar-refractivity contribution in [2.24, 2.45) is 5.10 Å². The number of hydrogen-bond donors (Lipinski definition) is 1.